The molecule has 0 spiro atoms. The van der Waals surface area contributed by atoms with Gasteiger partial charge in [0, 0.05) is 5.70 Å². The molecule has 2 aromatic carbocycles. The maximum absolute atomic E-state index is 12.4. The van der Waals surface area contributed by atoms with Crippen LogP contribution in [0.5, 0.6) is 17.2 Å². The number of hydrogen-bond acceptors (Lipinski definition) is 9. The Bertz CT molecular complexity index is 1210. The molecule has 5 N–H and O–H groups in total. The van der Waals surface area contributed by atoms with Crippen LogP contribution in [0, 0.1) is 0 Å². The first-order valence-corrected chi connectivity index (χ1v) is 11.8. The van der Waals surface area contributed by atoms with Crippen LogP contribution in [0.2, 0.25) is 10.0 Å². The Morgan fingerprint density at radius 2 is 1.92 bits per heavy atom. The lowest BCUT2D eigenvalue weighted by Crippen LogP contribution is -2.45. The lowest BCUT2D eigenvalue weighted by atomic mass is 9.95. The van der Waals surface area contributed by atoms with Gasteiger partial charge in [0.05, 0.1) is 41.6 Å². The van der Waals surface area contributed by atoms with Gasteiger partial charge in [-0.05, 0) is 49.2 Å². The van der Waals surface area contributed by atoms with Crippen LogP contribution in [0.4, 0.5) is 4.79 Å². The number of aliphatic hydroxyl groups is 1. The fraction of sp³-hybridized carbons (Fsp3) is 0.292. The minimum absolute atomic E-state index is 0.0677. The van der Waals surface area contributed by atoms with Gasteiger partial charge in [-0.1, -0.05) is 29.3 Å². The van der Waals surface area contributed by atoms with Crippen molar-refractivity contribution in [1.82, 2.24) is 16.1 Å². The van der Waals surface area contributed by atoms with Crippen LogP contribution < -0.4 is 25.5 Å². The Hall–Kier alpha value is -3.67. The maximum atomic E-state index is 12.4. The minimum Gasteiger partial charge on any atom is -0.505 e. The largest absolute Gasteiger partial charge is 0.505 e. The molecule has 0 radical (unpaired) electrons. The Balaban J connectivity index is 1.71. The van der Waals surface area contributed by atoms with Gasteiger partial charge in [0.2, 0.25) is 0 Å². The number of benzene rings is 2. The first-order valence-electron chi connectivity index (χ1n) is 11.0. The van der Waals surface area contributed by atoms with Crippen molar-refractivity contribution in [2.75, 3.05) is 20.3 Å². The highest BCUT2D eigenvalue weighted by molar-refractivity contribution is 6.37. The third-order valence-electron chi connectivity index (χ3n) is 5.15. The molecule has 2 aromatic rings. The number of methoxy groups -OCH3 is 1. The number of amides is 2. The van der Waals surface area contributed by atoms with E-state index in [0.717, 1.165) is 0 Å². The predicted octanol–water partition coefficient (Wildman–Crippen LogP) is 3.22. The second-order valence-electron chi connectivity index (χ2n) is 7.75. The van der Waals surface area contributed by atoms with E-state index < -0.39 is 24.3 Å². The van der Waals surface area contributed by atoms with Crippen LogP contribution in [0.25, 0.3) is 0 Å². The fourth-order valence-electron chi connectivity index (χ4n) is 3.48. The molecule has 0 aliphatic carbocycles. The summed E-state index contributed by atoms with van der Waals surface area (Å²) < 4.78 is 16.3. The molecule has 1 heterocycles. The van der Waals surface area contributed by atoms with Crippen LogP contribution in [0.1, 0.15) is 31.0 Å². The van der Waals surface area contributed by atoms with Crippen molar-refractivity contribution in [3.63, 3.8) is 0 Å². The Morgan fingerprint density at radius 3 is 2.57 bits per heavy atom. The number of hydrazone groups is 1. The van der Waals surface area contributed by atoms with Gasteiger partial charge in [-0.25, -0.2) is 9.59 Å². The number of rotatable bonds is 10. The van der Waals surface area contributed by atoms with Crippen molar-refractivity contribution < 1.29 is 34.0 Å². The predicted molar refractivity (Wildman–Crippen MR) is 137 cm³/mol. The van der Waals surface area contributed by atoms with Crippen LogP contribution in [0.3, 0.4) is 0 Å². The zero-order chi connectivity index (χ0) is 27.1. The lowest BCUT2D eigenvalue weighted by Gasteiger charge is -2.28. The quantitative estimate of drug-likeness (QED) is 0.130. The number of phenols is 1. The number of nitrogens with one attached hydrogen (secondary N) is 3. The number of phenolic OH excluding ortho intramolecular Hbond substituents is 1. The van der Waals surface area contributed by atoms with Crippen molar-refractivity contribution in [2.45, 2.75) is 26.1 Å². The number of allylic oxidation sites excluding steroid dienone is 1. The molecule has 0 unspecified atom stereocenters. The molecule has 2 amide bonds. The molecular formula is C24H26Cl2N4O7. The summed E-state index contributed by atoms with van der Waals surface area (Å²) >= 11 is 11.8. The Labute approximate surface area is 223 Å². The number of ether oxygens (including phenoxy) is 3. The smallest absolute Gasteiger partial charge is 0.337 e. The molecule has 0 bridgehead atoms. The van der Waals surface area contributed by atoms with E-state index in [1.807, 2.05) is 0 Å². The molecule has 11 nitrogen and oxygen atoms in total. The summed E-state index contributed by atoms with van der Waals surface area (Å²) in [6, 6.07) is 6.61. The van der Waals surface area contributed by atoms with Gasteiger partial charge in [0.15, 0.2) is 23.5 Å². The summed E-state index contributed by atoms with van der Waals surface area (Å²) in [6.45, 7) is 3.53. The van der Waals surface area contributed by atoms with E-state index >= 15 is 0 Å². The molecule has 1 aliphatic rings. The SMILES string of the molecule is CCOc1cc([C@@H]2NC(=O)NC(C)=C2C(=O)OC)ccc1OC[C@H](O)N/N=C\c1cc(Cl)c(O)c(Cl)c1. The van der Waals surface area contributed by atoms with Crippen LogP contribution in [-0.2, 0) is 9.53 Å². The zero-order valence-electron chi connectivity index (χ0n) is 20.2. The minimum atomic E-state index is -1.19. The summed E-state index contributed by atoms with van der Waals surface area (Å²) in [5, 5.41) is 29.1. The zero-order valence-corrected chi connectivity index (χ0v) is 21.7. The van der Waals surface area contributed by atoms with Crippen molar-refractivity contribution in [1.29, 1.82) is 0 Å². The fourth-order valence-corrected chi connectivity index (χ4v) is 3.98. The van der Waals surface area contributed by atoms with Gasteiger partial charge in [0.1, 0.15) is 6.61 Å². The molecule has 0 saturated carbocycles. The van der Waals surface area contributed by atoms with E-state index in [-0.39, 0.29) is 28.0 Å². The Kier molecular flexibility index (Phi) is 9.45. The van der Waals surface area contributed by atoms with Gasteiger partial charge >= 0.3 is 12.0 Å². The molecule has 198 valence electrons. The standard InChI is InChI=1S/C24H26Cl2N4O7/c1-4-36-18-9-14(21-20(23(33)35-3)12(2)28-24(34)29-21)5-6-17(18)37-11-19(31)30-27-10-13-7-15(25)22(32)16(26)8-13/h5-10,19,21,30-32H,4,11H2,1-3H3,(H2,28,29,34)/b27-10-/t19-,21-/m0/s1. The number of halogens is 2. The average Bonchev–Trinajstić information content (AvgIpc) is 2.85. The molecule has 1 aliphatic heterocycles. The number of aromatic hydroxyl groups is 1. The molecule has 0 aromatic heterocycles. The molecule has 0 fully saturated rings. The molecule has 2 atom stereocenters. The summed E-state index contributed by atoms with van der Waals surface area (Å²) in [5.41, 5.74) is 4.21. The first kappa shape index (κ1) is 27.9. The topological polar surface area (TPSA) is 151 Å². The average molecular weight is 553 g/mol. The highest BCUT2D eigenvalue weighted by Crippen LogP contribution is 2.35. The number of hydrogen-bond donors (Lipinski definition) is 5. The summed E-state index contributed by atoms with van der Waals surface area (Å²) in [6.07, 6.45) is 0.177. The number of carbonyl (C=O) groups is 2. The third-order valence-corrected chi connectivity index (χ3v) is 5.72. The normalized spacial score (nSPS) is 16.2. The molecule has 13 heteroatoms. The third kappa shape index (κ3) is 6.97. The van der Waals surface area contributed by atoms with Gasteiger partial charge in [-0.3, -0.25) is 5.43 Å². The number of urea groups is 1. The molecular weight excluding hydrogens is 527 g/mol. The van der Waals surface area contributed by atoms with E-state index in [1.54, 1.807) is 32.0 Å². The Morgan fingerprint density at radius 1 is 1.22 bits per heavy atom. The lowest BCUT2D eigenvalue weighted by molar-refractivity contribution is -0.136. The monoisotopic (exact) mass is 552 g/mol. The van der Waals surface area contributed by atoms with Crippen molar-refractivity contribution in [3.8, 4) is 17.2 Å². The van der Waals surface area contributed by atoms with Gasteiger partial charge in [-0.2, -0.15) is 5.10 Å². The highest BCUT2D eigenvalue weighted by Gasteiger charge is 2.32. The van der Waals surface area contributed by atoms with E-state index in [0.29, 0.717) is 34.9 Å². The summed E-state index contributed by atoms with van der Waals surface area (Å²) in [4.78, 5) is 24.4. The number of esters is 1. The summed E-state index contributed by atoms with van der Waals surface area (Å²) in [7, 11) is 1.26. The van der Waals surface area contributed by atoms with Crippen LogP contribution in [0.15, 0.2) is 46.7 Å². The van der Waals surface area contributed by atoms with E-state index in [2.05, 4.69) is 21.2 Å². The first-order chi connectivity index (χ1) is 17.6. The van der Waals surface area contributed by atoms with Crippen molar-refractivity contribution >= 4 is 41.4 Å². The van der Waals surface area contributed by atoms with Gasteiger partial charge in [0.25, 0.3) is 0 Å². The molecule has 37 heavy (non-hydrogen) atoms. The van der Waals surface area contributed by atoms with Gasteiger partial charge in [-0.15, -0.1) is 0 Å². The van der Waals surface area contributed by atoms with E-state index in [1.165, 1.54) is 25.5 Å². The number of aliphatic hydroxyl groups excluding tert-OH is 1. The van der Waals surface area contributed by atoms with Crippen LogP contribution >= 0.6 is 23.2 Å². The second-order valence-corrected chi connectivity index (χ2v) is 8.56. The van der Waals surface area contributed by atoms with Crippen molar-refractivity contribution in [3.05, 3.63) is 62.8 Å². The second kappa shape index (κ2) is 12.5. The van der Waals surface area contributed by atoms with Gasteiger partial charge < -0.3 is 35.1 Å². The number of carbonyl (C=O) groups excluding carboxylic acids is 2. The van der Waals surface area contributed by atoms with Crippen molar-refractivity contribution in [2.24, 2.45) is 5.10 Å². The van der Waals surface area contributed by atoms with E-state index in [4.69, 9.17) is 37.4 Å². The van der Waals surface area contributed by atoms with E-state index in [9.17, 15) is 19.8 Å². The van der Waals surface area contributed by atoms with Crippen LogP contribution in [-0.4, -0.2) is 55.0 Å². The number of nitrogens with zero attached hydrogens (tertiary/aromatic N) is 1. The molecule has 3 rings (SSSR count). The molecule has 0 saturated heterocycles. The highest BCUT2D eigenvalue weighted by atomic mass is 35.5. The summed E-state index contributed by atoms with van der Waals surface area (Å²) in [5.74, 6) is -0.139. The maximum Gasteiger partial charge on any atom is 0.337 e.